The Balaban J connectivity index is 2.43. The van der Waals surface area contributed by atoms with Crippen LogP contribution >= 0.6 is 0 Å². The van der Waals surface area contributed by atoms with Crippen molar-refractivity contribution in [1.82, 2.24) is 0 Å². The van der Waals surface area contributed by atoms with Crippen LogP contribution in [0.3, 0.4) is 0 Å². The number of carbonyl (C=O) groups is 1. The maximum atomic E-state index is 11.7. The quantitative estimate of drug-likeness (QED) is 0.808. The van der Waals surface area contributed by atoms with Crippen molar-refractivity contribution >= 4 is 16.8 Å². The first-order valence-electron chi connectivity index (χ1n) is 5.74. The van der Waals surface area contributed by atoms with Crippen LogP contribution in [0.15, 0.2) is 53.4 Å². The summed E-state index contributed by atoms with van der Waals surface area (Å²) in [4.78, 5) is 12.2. The van der Waals surface area contributed by atoms with Crippen molar-refractivity contribution in [3.8, 4) is 11.1 Å². The van der Waals surface area contributed by atoms with Gasteiger partial charge in [-0.2, -0.15) is 0 Å². The zero-order valence-electron chi connectivity index (χ0n) is 10.8. The lowest BCUT2D eigenvalue weighted by molar-refractivity contribution is 0.0601. The number of ether oxygens (including phenoxy) is 1. The third-order valence-corrected chi connectivity index (χ3v) is 3.79. The lowest BCUT2D eigenvalue weighted by atomic mass is 10.0. The van der Waals surface area contributed by atoms with Crippen LogP contribution in [0.25, 0.3) is 11.1 Å². The molecule has 0 aliphatic carbocycles. The molecule has 98 valence electrons. The number of carbonyl (C=O) groups excluding carboxylic acids is 1. The van der Waals surface area contributed by atoms with Gasteiger partial charge < -0.3 is 4.74 Å². The molecule has 2 rings (SSSR count). The summed E-state index contributed by atoms with van der Waals surface area (Å²) in [5, 5.41) is 0. The molecular formula is C15H14O3S. The van der Waals surface area contributed by atoms with Gasteiger partial charge in [0.25, 0.3) is 0 Å². The molecule has 0 N–H and O–H groups in total. The van der Waals surface area contributed by atoms with Gasteiger partial charge in [0, 0.05) is 11.2 Å². The van der Waals surface area contributed by atoms with Crippen LogP contribution in [-0.2, 0) is 15.5 Å². The summed E-state index contributed by atoms with van der Waals surface area (Å²) in [5.74, 6) is -0.362. The standard InChI is InChI=1S/C15H14O3S/c1-18-15(16)12-9-7-11(8-10-12)13-5-3-4-6-14(13)19(2)17/h3-10H,1-2H3. The Morgan fingerprint density at radius 1 is 1.05 bits per heavy atom. The third-order valence-electron chi connectivity index (χ3n) is 2.81. The van der Waals surface area contributed by atoms with Gasteiger partial charge in [-0.15, -0.1) is 0 Å². The summed E-state index contributed by atoms with van der Waals surface area (Å²) in [7, 11) is 0.305. The van der Waals surface area contributed by atoms with E-state index in [0.717, 1.165) is 16.0 Å². The molecule has 3 nitrogen and oxygen atoms in total. The highest BCUT2D eigenvalue weighted by atomic mass is 32.2. The molecule has 0 saturated carbocycles. The number of benzene rings is 2. The Labute approximate surface area is 114 Å². The zero-order valence-corrected chi connectivity index (χ0v) is 11.6. The smallest absolute Gasteiger partial charge is 0.337 e. The Bertz CT molecular complexity index is 618. The van der Waals surface area contributed by atoms with Gasteiger partial charge in [-0.1, -0.05) is 30.3 Å². The molecule has 0 amide bonds. The monoisotopic (exact) mass is 274 g/mol. The molecule has 2 aromatic rings. The fourth-order valence-corrected chi connectivity index (χ4v) is 2.63. The first-order chi connectivity index (χ1) is 9.13. The van der Waals surface area contributed by atoms with Crippen LogP contribution in [0.1, 0.15) is 10.4 Å². The van der Waals surface area contributed by atoms with Gasteiger partial charge in [0.2, 0.25) is 0 Å². The highest BCUT2D eigenvalue weighted by Crippen LogP contribution is 2.26. The summed E-state index contributed by atoms with van der Waals surface area (Å²) >= 11 is 0. The Hall–Kier alpha value is -1.94. The van der Waals surface area contributed by atoms with E-state index in [1.165, 1.54) is 7.11 Å². The van der Waals surface area contributed by atoms with E-state index in [4.69, 9.17) is 0 Å². The maximum Gasteiger partial charge on any atom is 0.337 e. The second-order valence-corrected chi connectivity index (χ2v) is 5.37. The Morgan fingerprint density at radius 3 is 2.26 bits per heavy atom. The SMILES string of the molecule is COC(=O)c1ccc(-c2ccccc2S(C)=O)cc1. The largest absolute Gasteiger partial charge is 0.465 e. The van der Waals surface area contributed by atoms with Crippen LogP contribution in [0.4, 0.5) is 0 Å². The third kappa shape index (κ3) is 2.90. The van der Waals surface area contributed by atoms with Crippen LogP contribution in [0.5, 0.6) is 0 Å². The summed E-state index contributed by atoms with van der Waals surface area (Å²) in [6.45, 7) is 0. The molecule has 0 saturated heterocycles. The van der Waals surface area contributed by atoms with E-state index < -0.39 is 10.8 Å². The van der Waals surface area contributed by atoms with Crippen LogP contribution in [0, 0.1) is 0 Å². The van der Waals surface area contributed by atoms with E-state index in [9.17, 15) is 9.00 Å². The molecule has 1 unspecified atom stereocenters. The molecular weight excluding hydrogens is 260 g/mol. The molecule has 0 aliphatic heterocycles. The average molecular weight is 274 g/mol. The Kier molecular flexibility index (Phi) is 4.12. The van der Waals surface area contributed by atoms with Gasteiger partial charge in [0.15, 0.2) is 0 Å². The van der Waals surface area contributed by atoms with Crippen molar-refractivity contribution < 1.29 is 13.7 Å². The van der Waals surface area contributed by atoms with Crippen molar-refractivity contribution in [2.75, 3.05) is 13.4 Å². The van der Waals surface area contributed by atoms with E-state index in [1.54, 1.807) is 18.4 Å². The predicted octanol–water partition coefficient (Wildman–Crippen LogP) is 2.88. The first kappa shape index (κ1) is 13.5. The van der Waals surface area contributed by atoms with E-state index in [0.29, 0.717) is 5.56 Å². The van der Waals surface area contributed by atoms with Gasteiger partial charge in [-0.25, -0.2) is 4.79 Å². The van der Waals surface area contributed by atoms with Crippen molar-refractivity contribution in [3.63, 3.8) is 0 Å². The molecule has 0 spiro atoms. The maximum absolute atomic E-state index is 11.7. The number of rotatable bonds is 3. The minimum absolute atomic E-state index is 0.362. The summed E-state index contributed by atoms with van der Waals surface area (Å²) in [5.41, 5.74) is 2.35. The second-order valence-electron chi connectivity index (χ2n) is 4.02. The van der Waals surface area contributed by atoms with Gasteiger partial charge >= 0.3 is 5.97 Å². The molecule has 1 atom stereocenters. The topological polar surface area (TPSA) is 43.4 Å². The number of hydrogen-bond acceptors (Lipinski definition) is 3. The van der Waals surface area contributed by atoms with Crippen molar-refractivity contribution in [3.05, 3.63) is 54.1 Å². The normalized spacial score (nSPS) is 11.9. The van der Waals surface area contributed by atoms with Crippen molar-refractivity contribution in [1.29, 1.82) is 0 Å². The number of methoxy groups -OCH3 is 1. The van der Waals surface area contributed by atoms with E-state index in [-0.39, 0.29) is 5.97 Å². The lowest BCUT2D eigenvalue weighted by Crippen LogP contribution is -2.00. The lowest BCUT2D eigenvalue weighted by Gasteiger charge is -2.08. The van der Waals surface area contributed by atoms with E-state index >= 15 is 0 Å². The van der Waals surface area contributed by atoms with Gasteiger partial charge in [0.1, 0.15) is 0 Å². The fourth-order valence-electron chi connectivity index (χ4n) is 1.86. The summed E-state index contributed by atoms with van der Waals surface area (Å²) in [6, 6.07) is 14.6. The molecule has 2 aromatic carbocycles. The highest BCUT2D eigenvalue weighted by molar-refractivity contribution is 7.84. The molecule has 0 fully saturated rings. The van der Waals surface area contributed by atoms with E-state index in [2.05, 4.69) is 4.74 Å². The Morgan fingerprint density at radius 2 is 1.68 bits per heavy atom. The van der Waals surface area contributed by atoms with Gasteiger partial charge in [0.05, 0.1) is 23.5 Å². The minimum atomic E-state index is -1.05. The van der Waals surface area contributed by atoms with Crippen molar-refractivity contribution in [2.24, 2.45) is 0 Å². The minimum Gasteiger partial charge on any atom is -0.465 e. The zero-order chi connectivity index (χ0) is 13.8. The number of hydrogen-bond donors (Lipinski definition) is 0. The summed E-state index contributed by atoms with van der Waals surface area (Å²) in [6.07, 6.45) is 1.65. The molecule has 0 radical (unpaired) electrons. The first-order valence-corrected chi connectivity index (χ1v) is 7.30. The molecule has 4 heteroatoms. The van der Waals surface area contributed by atoms with Crippen LogP contribution in [-0.4, -0.2) is 23.5 Å². The molecule has 0 bridgehead atoms. The van der Waals surface area contributed by atoms with Crippen molar-refractivity contribution in [2.45, 2.75) is 4.90 Å². The molecule has 0 aromatic heterocycles. The second kappa shape index (κ2) is 5.80. The molecule has 0 heterocycles. The van der Waals surface area contributed by atoms with Crippen LogP contribution < -0.4 is 0 Å². The average Bonchev–Trinajstić information content (AvgIpc) is 2.46. The van der Waals surface area contributed by atoms with Crippen LogP contribution in [0.2, 0.25) is 0 Å². The van der Waals surface area contributed by atoms with Gasteiger partial charge in [-0.05, 0) is 29.3 Å². The highest BCUT2D eigenvalue weighted by Gasteiger charge is 2.09. The number of esters is 1. The van der Waals surface area contributed by atoms with E-state index in [1.807, 2.05) is 36.4 Å². The molecule has 19 heavy (non-hydrogen) atoms. The fraction of sp³-hybridized carbons (Fsp3) is 0.133. The van der Waals surface area contributed by atoms with Gasteiger partial charge in [-0.3, -0.25) is 4.21 Å². The molecule has 0 aliphatic rings. The summed E-state index contributed by atoms with van der Waals surface area (Å²) < 4.78 is 16.4. The predicted molar refractivity (Wildman–Crippen MR) is 75.5 cm³/mol.